The number of likely N-dealkylation sites (tertiary alicyclic amines) is 1. The first kappa shape index (κ1) is 15.5. The fourth-order valence-electron chi connectivity index (χ4n) is 3.94. The fraction of sp³-hybridized carbons (Fsp3) is 0.611. The fourth-order valence-corrected chi connectivity index (χ4v) is 3.94. The van der Waals surface area contributed by atoms with E-state index in [9.17, 15) is 4.79 Å². The van der Waals surface area contributed by atoms with Crippen molar-refractivity contribution in [3.8, 4) is 0 Å². The van der Waals surface area contributed by atoms with Crippen LogP contribution in [0.1, 0.15) is 54.4 Å². The van der Waals surface area contributed by atoms with Crippen LogP contribution in [0.2, 0.25) is 0 Å². The van der Waals surface area contributed by atoms with E-state index in [2.05, 4.69) is 10.2 Å². The predicted octanol–water partition coefficient (Wildman–Crippen LogP) is 2.32. The summed E-state index contributed by atoms with van der Waals surface area (Å²) in [4.78, 5) is 15.0. The van der Waals surface area contributed by atoms with Gasteiger partial charge in [-0.3, -0.25) is 9.69 Å². The first-order valence-corrected chi connectivity index (χ1v) is 8.47. The molecule has 1 saturated heterocycles. The zero-order valence-electron chi connectivity index (χ0n) is 13.2. The normalized spacial score (nSPS) is 21.1. The molecule has 0 spiro atoms. The van der Waals surface area contributed by atoms with Crippen LogP contribution in [0.5, 0.6) is 0 Å². The third-order valence-electron chi connectivity index (χ3n) is 5.29. The van der Waals surface area contributed by atoms with Gasteiger partial charge in [0.15, 0.2) is 0 Å². The number of hydrogen-bond acceptors (Lipinski definition) is 3. The Hall–Kier alpha value is -1.39. The smallest absolute Gasteiger partial charge is 0.251 e. The van der Waals surface area contributed by atoms with Gasteiger partial charge in [-0.1, -0.05) is 25.0 Å². The lowest BCUT2D eigenvalue weighted by Gasteiger charge is -2.39. The average molecular weight is 302 g/mol. The van der Waals surface area contributed by atoms with Crippen LogP contribution in [0.25, 0.3) is 0 Å². The van der Waals surface area contributed by atoms with Crippen molar-refractivity contribution in [2.24, 2.45) is 0 Å². The second-order valence-electron chi connectivity index (χ2n) is 6.66. The number of carbonyl (C=O) groups is 1. The van der Waals surface area contributed by atoms with Gasteiger partial charge < -0.3 is 10.4 Å². The van der Waals surface area contributed by atoms with E-state index in [0.717, 1.165) is 12.1 Å². The van der Waals surface area contributed by atoms with E-state index in [-0.39, 0.29) is 18.1 Å². The minimum atomic E-state index is -0.00467. The number of hydrogen-bond donors (Lipinski definition) is 2. The number of aliphatic hydroxyl groups is 1. The zero-order valence-corrected chi connectivity index (χ0v) is 13.2. The van der Waals surface area contributed by atoms with Gasteiger partial charge in [0.25, 0.3) is 5.91 Å². The molecule has 1 aromatic rings. The van der Waals surface area contributed by atoms with Crippen molar-refractivity contribution in [3.05, 3.63) is 35.4 Å². The summed E-state index contributed by atoms with van der Waals surface area (Å²) < 4.78 is 0. The Morgan fingerprint density at radius 1 is 1.09 bits per heavy atom. The molecule has 1 saturated carbocycles. The molecule has 2 N–H and O–H groups in total. The van der Waals surface area contributed by atoms with Crippen molar-refractivity contribution in [2.45, 2.75) is 50.7 Å². The Labute approximate surface area is 132 Å². The second kappa shape index (κ2) is 6.80. The lowest BCUT2D eigenvalue weighted by molar-refractivity contribution is 0.0860. The number of rotatable bonds is 5. The van der Waals surface area contributed by atoms with Crippen LogP contribution in [0.4, 0.5) is 0 Å². The topological polar surface area (TPSA) is 52.6 Å². The van der Waals surface area contributed by atoms with Gasteiger partial charge in [0.1, 0.15) is 0 Å². The third kappa shape index (κ3) is 3.18. The van der Waals surface area contributed by atoms with E-state index >= 15 is 0 Å². The SMILES string of the molecule is O=C(NCC1(N2CCCC2)CCCC1)c1ccc(CO)cc1. The molecule has 1 heterocycles. The van der Waals surface area contributed by atoms with E-state index in [1.807, 2.05) is 0 Å². The molecular weight excluding hydrogens is 276 g/mol. The minimum Gasteiger partial charge on any atom is -0.392 e. The number of aliphatic hydroxyl groups excluding tert-OH is 1. The highest BCUT2D eigenvalue weighted by Gasteiger charge is 2.40. The number of amides is 1. The molecule has 0 bridgehead atoms. The van der Waals surface area contributed by atoms with Crippen LogP contribution in [-0.2, 0) is 6.61 Å². The molecule has 1 aliphatic heterocycles. The van der Waals surface area contributed by atoms with Crippen molar-refractivity contribution in [2.75, 3.05) is 19.6 Å². The monoisotopic (exact) mass is 302 g/mol. The van der Waals surface area contributed by atoms with E-state index in [1.165, 1.54) is 51.6 Å². The zero-order chi connectivity index (χ0) is 15.4. The molecule has 1 amide bonds. The Morgan fingerprint density at radius 2 is 1.73 bits per heavy atom. The lowest BCUT2D eigenvalue weighted by Crippen LogP contribution is -2.53. The first-order chi connectivity index (χ1) is 10.7. The molecule has 0 unspecified atom stereocenters. The number of nitrogens with zero attached hydrogens (tertiary/aromatic N) is 1. The van der Waals surface area contributed by atoms with Gasteiger partial charge in [-0.15, -0.1) is 0 Å². The van der Waals surface area contributed by atoms with E-state index in [4.69, 9.17) is 5.11 Å². The van der Waals surface area contributed by atoms with Gasteiger partial charge in [-0.25, -0.2) is 0 Å². The van der Waals surface area contributed by atoms with E-state index in [1.54, 1.807) is 24.3 Å². The molecule has 2 aliphatic rings. The molecule has 0 atom stereocenters. The summed E-state index contributed by atoms with van der Waals surface area (Å²) >= 11 is 0. The highest BCUT2D eigenvalue weighted by atomic mass is 16.3. The van der Waals surface area contributed by atoms with E-state index in [0.29, 0.717) is 5.56 Å². The van der Waals surface area contributed by atoms with Gasteiger partial charge >= 0.3 is 0 Å². The maximum Gasteiger partial charge on any atom is 0.251 e. The molecule has 22 heavy (non-hydrogen) atoms. The third-order valence-corrected chi connectivity index (χ3v) is 5.29. The second-order valence-corrected chi connectivity index (χ2v) is 6.66. The Bertz CT molecular complexity index is 500. The first-order valence-electron chi connectivity index (χ1n) is 8.47. The van der Waals surface area contributed by atoms with Crippen molar-refractivity contribution in [1.82, 2.24) is 10.2 Å². The van der Waals surface area contributed by atoms with Crippen molar-refractivity contribution < 1.29 is 9.90 Å². The largest absolute Gasteiger partial charge is 0.392 e. The van der Waals surface area contributed by atoms with Gasteiger partial charge in [-0.2, -0.15) is 0 Å². The van der Waals surface area contributed by atoms with Crippen LogP contribution in [0.15, 0.2) is 24.3 Å². The summed E-state index contributed by atoms with van der Waals surface area (Å²) in [6.45, 7) is 3.13. The molecule has 4 nitrogen and oxygen atoms in total. The van der Waals surface area contributed by atoms with Crippen LogP contribution < -0.4 is 5.32 Å². The van der Waals surface area contributed by atoms with Crippen molar-refractivity contribution in [3.63, 3.8) is 0 Å². The molecule has 120 valence electrons. The lowest BCUT2D eigenvalue weighted by atomic mass is 9.95. The summed E-state index contributed by atoms with van der Waals surface area (Å²) in [6, 6.07) is 7.19. The summed E-state index contributed by atoms with van der Waals surface area (Å²) in [5, 5.41) is 12.2. The molecule has 1 aromatic carbocycles. The predicted molar refractivity (Wildman–Crippen MR) is 86.7 cm³/mol. The maximum atomic E-state index is 12.4. The summed E-state index contributed by atoms with van der Waals surface area (Å²) in [5.74, 6) is -0.00467. The molecule has 4 heteroatoms. The highest BCUT2D eigenvalue weighted by molar-refractivity contribution is 5.94. The summed E-state index contributed by atoms with van der Waals surface area (Å²) in [5.41, 5.74) is 1.70. The standard InChI is InChI=1S/C18H26N2O2/c21-13-15-5-7-16(8-6-15)17(22)19-14-18(9-1-2-10-18)20-11-3-4-12-20/h5-8,21H,1-4,9-14H2,(H,19,22). The van der Waals surface area contributed by atoms with Crippen LogP contribution in [0.3, 0.4) is 0 Å². The molecule has 1 aliphatic carbocycles. The number of nitrogens with one attached hydrogen (secondary N) is 1. The highest BCUT2D eigenvalue weighted by Crippen LogP contribution is 2.36. The average Bonchev–Trinajstić information content (AvgIpc) is 3.24. The Morgan fingerprint density at radius 3 is 2.32 bits per heavy atom. The summed E-state index contributed by atoms with van der Waals surface area (Å²) in [7, 11) is 0. The van der Waals surface area contributed by atoms with E-state index < -0.39 is 0 Å². The Kier molecular flexibility index (Phi) is 4.79. The molecule has 0 aromatic heterocycles. The van der Waals surface area contributed by atoms with Gasteiger partial charge in [-0.05, 0) is 56.5 Å². The van der Waals surface area contributed by atoms with Crippen molar-refractivity contribution >= 4 is 5.91 Å². The van der Waals surface area contributed by atoms with Crippen LogP contribution in [0, 0.1) is 0 Å². The quantitative estimate of drug-likeness (QED) is 0.877. The Balaban J connectivity index is 1.62. The van der Waals surface area contributed by atoms with Gasteiger partial charge in [0.05, 0.1) is 6.61 Å². The van der Waals surface area contributed by atoms with Gasteiger partial charge in [0, 0.05) is 17.6 Å². The number of carbonyl (C=O) groups excluding carboxylic acids is 1. The molecule has 3 rings (SSSR count). The van der Waals surface area contributed by atoms with Crippen LogP contribution in [-0.4, -0.2) is 41.1 Å². The summed E-state index contributed by atoms with van der Waals surface area (Å²) in [6.07, 6.45) is 7.54. The molecule has 2 fully saturated rings. The number of benzene rings is 1. The molecule has 0 radical (unpaired) electrons. The van der Waals surface area contributed by atoms with Crippen LogP contribution >= 0.6 is 0 Å². The van der Waals surface area contributed by atoms with Crippen molar-refractivity contribution in [1.29, 1.82) is 0 Å². The van der Waals surface area contributed by atoms with Gasteiger partial charge in [0.2, 0.25) is 0 Å². The maximum absolute atomic E-state index is 12.4. The molecular formula is C18H26N2O2. The minimum absolute atomic E-state index is 0.00467.